The molecule has 4 unspecified atom stereocenters. The Morgan fingerprint density at radius 3 is 1.65 bits per heavy atom. The van der Waals surface area contributed by atoms with Gasteiger partial charge in [0.15, 0.2) is 0 Å². The zero-order valence-corrected chi connectivity index (χ0v) is 24.0. The first-order valence-corrected chi connectivity index (χ1v) is 14.1. The van der Waals surface area contributed by atoms with Gasteiger partial charge in [0.2, 0.25) is 24.0 Å². The van der Waals surface area contributed by atoms with Gasteiger partial charge in [-0.2, -0.15) is 0 Å². The fourth-order valence-corrected chi connectivity index (χ4v) is 6.07. The molecule has 0 aliphatic carbocycles. The molecule has 2 N–H and O–H groups in total. The first kappa shape index (κ1) is 30.0. The third kappa shape index (κ3) is 4.65. The van der Waals surface area contributed by atoms with E-state index < -0.39 is 71.8 Å². The third-order valence-corrected chi connectivity index (χ3v) is 8.23. The number of fused-ring (bicyclic) bond motifs is 5. The van der Waals surface area contributed by atoms with Crippen LogP contribution in [0.3, 0.4) is 0 Å². The van der Waals surface area contributed by atoms with Crippen molar-refractivity contribution >= 4 is 90.8 Å². The van der Waals surface area contributed by atoms with Crippen LogP contribution >= 0.6 is 0 Å². The number of carboxylic acids is 2. The van der Waals surface area contributed by atoms with Crippen molar-refractivity contribution in [1.29, 1.82) is 0 Å². The molecule has 14 heteroatoms. The number of ether oxygens (including phenoxy) is 4. The van der Waals surface area contributed by atoms with Crippen molar-refractivity contribution in [1.82, 2.24) is 0 Å². The minimum atomic E-state index is -2.17. The molecule has 7 rings (SSSR count). The summed E-state index contributed by atoms with van der Waals surface area (Å²) in [6.07, 6.45) is -4.31. The third-order valence-electron chi connectivity index (χ3n) is 8.23. The summed E-state index contributed by atoms with van der Waals surface area (Å²) in [5, 5.41) is 22.6. The van der Waals surface area contributed by atoms with Crippen molar-refractivity contribution in [3.8, 4) is 0 Å². The lowest BCUT2D eigenvalue weighted by Gasteiger charge is -2.18. The SMILES string of the molecule is O=C(OC1C(=O)OC(=O)C1C(=O)O)c1cccc2cc3ccc4cc5ccccc5cc4c3c(C(=O)OC3C(=O)OC(=O)C3C(=O)O)c12. The lowest BCUT2D eigenvalue weighted by molar-refractivity contribution is -0.158. The van der Waals surface area contributed by atoms with Crippen LogP contribution in [0.25, 0.3) is 43.1 Å². The molecule has 2 saturated heterocycles. The Hall–Kier alpha value is -6.70. The van der Waals surface area contributed by atoms with Crippen LogP contribution in [-0.4, -0.2) is 70.2 Å². The minimum Gasteiger partial charge on any atom is -0.480 e. The highest BCUT2D eigenvalue weighted by atomic mass is 16.6. The van der Waals surface area contributed by atoms with Gasteiger partial charge in [-0.25, -0.2) is 19.2 Å². The highest BCUT2D eigenvalue weighted by Gasteiger charge is 2.53. The Bertz CT molecular complexity index is 2360. The van der Waals surface area contributed by atoms with E-state index in [1.807, 2.05) is 24.3 Å². The standard InChI is InChI=1S/C34H18O14/c35-27(36)23-25(33(43)47-31(23)41)45-29(39)18-7-3-6-16-11-17-9-8-15-10-13-4-1-2-5-14(13)12-19(15)21(17)22(20(16)18)30(40)46-26-24(28(37)38)32(42)48-34(26)44/h1-12,23-26H,(H,35,36)(H,37,38). The summed E-state index contributed by atoms with van der Waals surface area (Å²) in [6.45, 7) is 0. The first-order valence-electron chi connectivity index (χ1n) is 14.1. The van der Waals surface area contributed by atoms with Crippen LogP contribution in [0, 0.1) is 11.8 Å². The van der Waals surface area contributed by atoms with Crippen molar-refractivity contribution in [3.63, 3.8) is 0 Å². The van der Waals surface area contributed by atoms with Crippen LogP contribution < -0.4 is 0 Å². The van der Waals surface area contributed by atoms with Gasteiger partial charge < -0.3 is 29.2 Å². The molecule has 0 bridgehead atoms. The largest absolute Gasteiger partial charge is 0.480 e. The van der Waals surface area contributed by atoms with Gasteiger partial charge in [0.1, 0.15) is 0 Å². The minimum absolute atomic E-state index is 0.144. The van der Waals surface area contributed by atoms with Crippen molar-refractivity contribution in [3.05, 3.63) is 83.9 Å². The van der Waals surface area contributed by atoms with E-state index in [4.69, 9.17) is 9.47 Å². The summed E-state index contributed by atoms with van der Waals surface area (Å²) in [5.41, 5.74) is -0.720. The quantitative estimate of drug-likeness (QED) is 0.0889. The maximum atomic E-state index is 14.2. The number of aliphatic carboxylic acids is 2. The number of cyclic esters (lactones) is 4. The summed E-state index contributed by atoms with van der Waals surface area (Å²) < 4.78 is 19.4. The second kappa shape index (κ2) is 11.0. The molecule has 0 radical (unpaired) electrons. The number of esters is 6. The molecule has 2 aliphatic heterocycles. The van der Waals surface area contributed by atoms with Crippen LogP contribution in [0.15, 0.2) is 72.8 Å². The highest BCUT2D eigenvalue weighted by Crippen LogP contribution is 2.39. The molecular formula is C34H18O14. The van der Waals surface area contributed by atoms with Crippen molar-refractivity contribution in [2.75, 3.05) is 0 Å². The van der Waals surface area contributed by atoms with E-state index in [-0.39, 0.29) is 27.3 Å². The first-order chi connectivity index (χ1) is 22.9. The number of rotatable bonds is 6. The number of hydrogen-bond donors (Lipinski definition) is 2. The molecular weight excluding hydrogens is 632 g/mol. The smallest absolute Gasteiger partial charge is 0.356 e. The van der Waals surface area contributed by atoms with Crippen molar-refractivity contribution < 1.29 is 67.5 Å². The number of hydrogen-bond acceptors (Lipinski definition) is 12. The summed E-state index contributed by atoms with van der Waals surface area (Å²) in [6, 6.07) is 20.2. The number of carboxylic acid groups (broad SMARTS) is 2. The lowest BCUT2D eigenvalue weighted by Crippen LogP contribution is -2.35. The van der Waals surface area contributed by atoms with Crippen molar-refractivity contribution in [2.24, 2.45) is 11.8 Å². The summed E-state index contributed by atoms with van der Waals surface area (Å²) in [4.78, 5) is 100. The van der Waals surface area contributed by atoms with Crippen LogP contribution in [-0.2, 0) is 47.7 Å². The van der Waals surface area contributed by atoms with E-state index in [1.165, 1.54) is 18.2 Å². The Kier molecular flexibility index (Phi) is 6.86. The Labute approximate surface area is 266 Å². The topological polar surface area (TPSA) is 214 Å². The average Bonchev–Trinajstić information content (AvgIpc) is 3.49. The normalized spacial score (nSPS) is 20.7. The molecule has 2 heterocycles. The Balaban J connectivity index is 1.48. The summed E-state index contributed by atoms with van der Waals surface area (Å²) in [5.74, 6) is -16.2. The Morgan fingerprint density at radius 2 is 1.04 bits per heavy atom. The van der Waals surface area contributed by atoms with Crippen molar-refractivity contribution in [2.45, 2.75) is 12.2 Å². The molecule has 2 fully saturated rings. The molecule has 48 heavy (non-hydrogen) atoms. The number of benzene rings is 5. The molecule has 0 saturated carbocycles. The second-order valence-corrected chi connectivity index (χ2v) is 11.0. The number of carbonyl (C=O) groups is 8. The van der Waals surface area contributed by atoms with E-state index in [0.29, 0.717) is 16.2 Å². The molecule has 14 nitrogen and oxygen atoms in total. The van der Waals surface area contributed by atoms with Gasteiger partial charge in [0.25, 0.3) is 0 Å². The molecule has 2 aliphatic rings. The number of carbonyl (C=O) groups excluding carboxylic acids is 6. The van der Waals surface area contributed by atoms with Gasteiger partial charge in [0, 0.05) is 10.8 Å². The lowest BCUT2D eigenvalue weighted by atomic mass is 9.89. The van der Waals surface area contributed by atoms with Gasteiger partial charge >= 0.3 is 47.8 Å². The van der Waals surface area contributed by atoms with E-state index in [1.54, 1.807) is 30.3 Å². The average molecular weight is 651 g/mol. The van der Waals surface area contributed by atoms with E-state index in [9.17, 15) is 48.6 Å². The highest BCUT2D eigenvalue weighted by molar-refractivity contribution is 6.28. The molecule has 4 atom stereocenters. The molecule has 0 spiro atoms. The maximum absolute atomic E-state index is 14.2. The molecule has 0 amide bonds. The van der Waals surface area contributed by atoms with Crippen LogP contribution in [0.5, 0.6) is 0 Å². The van der Waals surface area contributed by atoms with Gasteiger partial charge in [-0.15, -0.1) is 0 Å². The zero-order chi connectivity index (χ0) is 34.0. The summed E-state index contributed by atoms with van der Waals surface area (Å²) >= 11 is 0. The van der Waals surface area contributed by atoms with Crippen LogP contribution in [0.1, 0.15) is 20.7 Å². The second-order valence-electron chi connectivity index (χ2n) is 11.0. The molecule has 5 aromatic carbocycles. The monoisotopic (exact) mass is 650 g/mol. The fraction of sp³-hybridized carbons (Fsp3) is 0.118. The van der Waals surface area contributed by atoms with Gasteiger partial charge in [-0.3, -0.25) is 19.2 Å². The zero-order valence-electron chi connectivity index (χ0n) is 24.0. The van der Waals surface area contributed by atoms with E-state index >= 15 is 0 Å². The van der Waals surface area contributed by atoms with Crippen LogP contribution in [0.2, 0.25) is 0 Å². The predicted octanol–water partition coefficient (Wildman–Crippen LogP) is 2.92. The maximum Gasteiger partial charge on any atom is 0.356 e. The Morgan fingerprint density at radius 1 is 0.542 bits per heavy atom. The van der Waals surface area contributed by atoms with Crippen LogP contribution in [0.4, 0.5) is 0 Å². The molecule has 238 valence electrons. The summed E-state index contributed by atoms with van der Waals surface area (Å²) in [7, 11) is 0. The van der Waals surface area contributed by atoms with E-state index in [0.717, 1.165) is 10.8 Å². The molecule has 5 aromatic rings. The van der Waals surface area contributed by atoms with Gasteiger partial charge in [-0.05, 0) is 56.6 Å². The molecule has 0 aromatic heterocycles. The predicted molar refractivity (Wildman–Crippen MR) is 159 cm³/mol. The fourth-order valence-electron chi connectivity index (χ4n) is 6.07. The van der Waals surface area contributed by atoms with Gasteiger partial charge in [-0.1, -0.05) is 48.5 Å². The van der Waals surface area contributed by atoms with E-state index in [2.05, 4.69) is 9.47 Å². The van der Waals surface area contributed by atoms with Gasteiger partial charge in [0.05, 0.1) is 11.1 Å².